The number of ether oxygens (including phenoxy) is 2. The maximum Gasteiger partial charge on any atom is 0.384 e. The number of benzene rings is 1. The van der Waals surface area contributed by atoms with Crippen molar-refractivity contribution in [2.45, 2.75) is 6.92 Å². The molecule has 17 heavy (non-hydrogen) atoms. The zero-order valence-electron chi connectivity index (χ0n) is 9.65. The summed E-state index contributed by atoms with van der Waals surface area (Å²) in [5.74, 6) is 4.26. The average Bonchev–Trinajstić information content (AvgIpc) is 2.36. The highest BCUT2D eigenvalue weighted by molar-refractivity contribution is 5.99. The van der Waals surface area contributed by atoms with Gasteiger partial charge in [-0.25, -0.2) is 4.79 Å². The maximum absolute atomic E-state index is 11.6. The quantitative estimate of drug-likeness (QED) is 0.341. The summed E-state index contributed by atoms with van der Waals surface area (Å²) in [6.07, 6.45) is 0. The maximum atomic E-state index is 11.6. The van der Waals surface area contributed by atoms with E-state index >= 15 is 0 Å². The number of methoxy groups -OCH3 is 1. The van der Waals surface area contributed by atoms with E-state index in [2.05, 4.69) is 16.6 Å². The molecule has 0 aliphatic carbocycles. The van der Waals surface area contributed by atoms with Crippen LogP contribution in [0.1, 0.15) is 17.3 Å². The molecule has 0 fully saturated rings. The number of hydrogen-bond donors (Lipinski definition) is 0. The van der Waals surface area contributed by atoms with Crippen molar-refractivity contribution in [3.8, 4) is 17.6 Å². The Labute approximate surface area is 99.5 Å². The summed E-state index contributed by atoms with van der Waals surface area (Å²) in [6.45, 7) is 1.21. The van der Waals surface area contributed by atoms with Crippen molar-refractivity contribution in [1.82, 2.24) is 0 Å². The highest BCUT2D eigenvalue weighted by Crippen LogP contribution is 2.11. The Morgan fingerprint density at radius 1 is 1.24 bits per heavy atom. The van der Waals surface area contributed by atoms with Crippen LogP contribution in [0.3, 0.4) is 0 Å². The first-order valence-corrected chi connectivity index (χ1v) is 4.94. The third kappa shape index (κ3) is 3.99. The lowest BCUT2D eigenvalue weighted by Crippen LogP contribution is -2.12. The highest BCUT2D eigenvalue weighted by Gasteiger charge is 2.08. The summed E-state index contributed by atoms with van der Waals surface area (Å²) in [5.41, 5.74) is 0.461. The summed E-state index contributed by atoms with van der Waals surface area (Å²) in [4.78, 5) is 22.5. The van der Waals surface area contributed by atoms with Gasteiger partial charge in [0.1, 0.15) is 5.75 Å². The van der Waals surface area contributed by atoms with E-state index in [1.54, 1.807) is 31.4 Å². The number of hydrogen-bond acceptors (Lipinski definition) is 4. The molecule has 1 rings (SSSR count). The zero-order valence-corrected chi connectivity index (χ0v) is 9.65. The SMILES string of the molecule is CC#CC(=O)OCC(=O)c1ccc(OC)cc1. The fourth-order valence-electron chi connectivity index (χ4n) is 1.13. The lowest BCUT2D eigenvalue weighted by atomic mass is 10.1. The van der Waals surface area contributed by atoms with Gasteiger partial charge in [0.2, 0.25) is 0 Å². The molecular weight excluding hydrogens is 220 g/mol. The molecule has 0 aliphatic heterocycles. The van der Waals surface area contributed by atoms with E-state index in [-0.39, 0.29) is 12.4 Å². The Bertz CT molecular complexity index is 462. The molecule has 4 nitrogen and oxygen atoms in total. The van der Waals surface area contributed by atoms with Gasteiger partial charge in [0.15, 0.2) is 12.4 Å². The first-order valence-electron chi connectivity index (χ1n) is 4.94. The standard InChI is InChI=1S/C13H12O4/c1-3-4-13(15)17-9-12(14)10-5-7-11(16-2)8-6-10/h5-8H,9H2,1-2H3. The van der Waals surface area contributed by atoms with Gasteiger partial charge in [-0.1, -0.05) is 5.92 Å². The van der Waals surface area contributed by atoms with Crippen LogP contribution in [0.25, 0.3) is 0 Å². The third-order valence-corrected chi connectivity index (χ3v) is 1.97. The van der Waals surface area contributed by atoms with Crippen molar-refractivity contribution in [3.05, 3.63) is 29.8 Å². The fraction of sp³-hybridized carbons (Fsp3) is 0.231. The Kier molecular flexibility index (Phi) is 4.77. The minimum Gasteiger partial charge on any atom is -0.497 e. The number of ketones is 1. The fourth-order valence-corrected chi connectivity index (χ4v) is 1.13. The predicted molar refractivity (Wildman–Crippen MR) is 61.7 cm³/mol. The van der Waals surface area contributed by atoms with Crippen LogP contribution in [-0.2, 0) is 9.53 Å². The Morgan fingerprint density at radius 3 is 2.41 bits per heavy atom. The highest BCUT2D eigenvalue weighted by atomic mass is 16.5. The van der Waals surface area contributed by atoms with Crippen molar-refractivity contribution < 1.29 is 19.1 Å². The van der Waals surface area contributed by atoms with Gasteiger partial charge in [0, 0.05) is 11.5 Å². The van der Waals surface area contributed by atoms with Gasteiger partial charge in [0.05, 0.1) is 7.11 Å². The molecule has 0 aliphatic rings. The molecule has 1 aromatic carbocycles. The molecule has 0 saturated carbocycles. The number of rotatable bonds is 4. The summed E-state index contributed by atoms with van der Waals surface area (Å²) in [6, 6.07) is 6.56. The number of carbonyl (C=O) groups excluding carboxylic acids is 2. The summed E-state index contributed by atoms with van der Waals surface area (Å²) in [7, 11) is 1.54. The Hall–Kier alpha value is -2.28. The summed E-state index contributed by atoms with van der Waals surface area (Å²) < 4.78 is 9.63. The van der Waals surface area contributed by atoms with E-state index in [1.807, 2.05) is 0 Å². The molecule has 4 heteroatoms. The molecule has 0 radical (unpaired) electrons. The van der Waals surface area contributed by atoms with Crippen LogP contribution in [0.5, 0.6) is 5.75 Å². The molecule has 0 amide bonds. The van der Waals surface area contributed by atoms with Crippen LogP contribution in [0, 0.1) is 11.8 Å². The molecule has 0 N–H and O–H groups in total. The average molecular weight is 232 g/mol. The second-order valence-corrected chi connectivity index (χ2v) is 3.10. The van der Waals surface area contributed by atoms with E-state index < -0.39 is 5.97 Å². The topological polar surface area (TPSA) is 52.6 Å². The number of Topliss-reactive ketones (excluding diaryl/α,β-unsaturated/α-hetero) is 1. The van der Waals surface area contributed by atoms with Gasteiger partial charge >= 0.3 is 5.97 Å². The Morgan fingerprint density at radius 2 is 1.88 bits per heavy atom. The molecule has 0 aromatic heterocycles. The summed E-state index contributed by atoms with van der Waals surface area (Å²) >= 11 is 0. The molecule has 0 spiro atoms. The molecule has 0 heterocycles. The van der Waals surface area contributed by atoms with Gasteiger partial charge < -0.3 is 9.47 Å². The second kappa shape index (κ2) is 6.33. The van der Waals surface area contributed by atoms with Crippen LogP contribution in [0.2, 0.25) is 0 Å². The van der Waals surface area contributed by atoms with E-state index in [0.717, 1.165) is 0 Å². The molecule has 88 valence electrons. The van der Waals surface area contributed by atoms with Crippen molar-refractivity contribution in [2.24, 2.45) is 0 Å². The van der Waals surface area contributed by atoms with Crippen LogP contribution in [0.15, 0.2) is 24.3 Å². The minimum atomic E-state index is -0.700. The lowest BCUT2D eigenvalue weighted by molar-refractivity contribution is -0.135. The van der Waals surface area contributed by atoms with Gasteiger partial charge in [0.25, 0.3) is 0 Å². The van der Waals surface area contributed by atoms with E-state index in [9.17, 15) is 9.59 Å². The van der Waals surface area contributed by atoms with E-state index in [4.69, 9.17) is 4.74 Å². The zero-order chi connectivity index (χ0) is 12.7. The minimum absolute atomic E-state index is 0.279. The van der Waals surface area contributed by atoms with Crippen molar-refractivity contribution in [2.75, 3.05) is 13.7 Å². The van der Waals surface area contributed by atoms with Gasteiger partial charge in [-0.3, -0.25) is 4.79 Å². The van der Waals surface area contributed by atoms with Crippen LogP contribution in [0.4, 0.5) is 0 Å². The first kappa shape index (κ1) is 12.8. The van der Waals surface area contributed by atoms with Gasteiger partial charge in [-0.2, -0.15) is 0 Å². The van der Waals surface area contributed by atoms with Crippen LogP contribution < -0.4 is 4.74 Å². The molecule has 0 atom stereocenters. The van der Waals surface area contributed by atoms with Crippen LogP contribution in [-0.4, -0.2) is 25.5 Å². The molecule has 0 saturated heterocycles. The largest absolute Gasteiger partial charge is 0.497 e. The number of carbonyl (C=O) groups is 2. The smallest absolute Gasteiger partial charge is 0.384 e. The predicted octanol–water partition coefficient (Wildman–Crippen LogP) is 1.44. The van der Waals surface area contributed by atoms with E-state index in [0.29, 0.717) is 11.3 Å². The summed E-state index contributed by atoms with van der Waals surface area (Å²) in [5, 5.41) is 0. The molecule has 0 unspecified atom stereocenters. The molecule has 1 aromatic rings. The molecular formula is C13H12O4. The van der Waals surface area contributed by atoms with Crippen LogP contribution >= 0.6 is 0 Å². The van der Waals surface area contributed by atoms with Gasteiger partial charge in [-0.05, 0) is 31.2 Å². The van der Waals surface area contributed by atoms with E-state index in [1.165, 1.54) is 6.92 Å². The Balaban J connectivity index is 2.57. The first-order chi connectivity index (χ1) is 8.17. The second-order valence-electron chi connectivity index (χ2n) is 3.10. The van der Waals surface area contributed by atoms with Crippen molar-refractivity contribution >= 4 is 11.8 Å². The monoisotopic (exact) mass is 232 g/mol. The lowest BCUT2D eigenvalue weighted by Gasteiger charge is -2.02. The molecule has 0 bridgehead atoms. The number of esters is 1. The van der Waals surface area contributed by atoms with Crippen molar-refractivity contribution in [3.63, 3.8) is 0 Å². The van der Waals surface area contributed by atoms with Gasteiger partial charge in [-0.15, -0.1) is 0 Å². The normalized spacial score (nSPS) is 8.82. The third-order valence-electron chi connectivity index (χ3n) is 1.97. The van der Waals surface area contributed by atoms with Crippen molar-refractivity contribution in [1.29, 1.82) is 0 Å².